The van der Waals surface area contributed by atoms with Gasteiger partial charge in [-0.05, 0) is 0 Å². The average molecular weight is 226 g/mol. The number of rotatable bonds is 4. The second-order valence-corrected chi connectivity index (χ2v) is 4.06. The molecule has 0 bridgehead atoms. The summed E-state index contributed by atoms with van der Waals surface area (Å²) in [6.45, 7) is 2.08. The van der Waals surface area contributed by atoms with Crippen LogP contribution in [0.5, 0.6) is 0 Å². The third-order valence-electron chi connectivity index (χ3n) is 1.69. The van der Waals surface area contributed by atoms with Crippen LogP contribution in [0.15, 0.2) is 0 Å². The van der Waals surface area contributed by atoms with Crippen LogP contribution in [0.25, 0.3) is 0 Å². The second-order valence-electron chi connectivity index (χ2n) is 2.81. The van der Waals surface area contributed by atoms with Crippen molar-refractivity contribution >= 4 is 53.1 Å². The molecule has 1 radical (unpaired) electrons. The fraction of sp³-hybridized carbons (Fsp3) is 0.714. The van der Waals surface area contributed by atoms with Crippen molar-refractivity contribution in [3.05, 3.63) is 0 Å². The number of nitrogens with two attached hydrogens (primary N) is 1. The van der Waals surface area contributed by atoms with E-state index in [0.717, 1.165) is 5.75 Å². The van der Waals surface area contributed by atoms with Gasteiger partial charge in [0.25, 0.3) is 0 Å². The van der Waals surface area contributed by atoms with Crippen molar-refractivity contribution in [3.63, 3.8) is 0 Å². The van der Waals surface area contributed by atoms with Crippen molar-refractivity contribution in [2.75, 3.05) is 12.3 Å². The van der Waals surface area contributed by atoms with Crippen molar-refractivity contribution in [3.8, 4) is 0 Å². The minimum atomic E-state index is -0.387. The van der Waals surface area contributed by atoms with Crippen LogP contribution in [-0.2, 0) is 9.59 Å². The fourth-order valence-electron chi connectivity index (χ4n) is 0.926. The van der Waals surface area contributed by atoms with Crippen LogP contribution in [0.4, 0.5) is 0 Å². The molecular weight excluding hydrogens is 213 g/mol. The van der Waals surface area contributed by atoms with Crippen LogP contribution in [-0.4, -0.2) is 65.1 Å². The molecular formula is C7H13N3NaO2S. The SMILES string of the molecule is CC(=O)NCCSC1NC(=O)[C@H]1N.[Na]. The Kier molecular flexibility index (Phi) is 6.80. The van der Waals surface area contributed by atoms with Gasteiger partial charge in [-0.3, -0.25) is 9.59 Å². The maximum atomic E-state index is 10.7. The zero-order valence-corrected chi connectivity index (χ0v) is 11.2. The first kappa shape index (κ1) is 14.2. The fourth-order valence-corrected chi connectivity index (χ4v) is 1.93. The molecule has 0 aromatic heterocycles. The predicted octanol–water partition coefficient (Wildman–Crippen LogP) is -1.74. The number of thioether (sulfide) groups is 1. The molecule has 0 aromatic carbocycles. The van der Waals surface area contributed by atoms with Gasteiger partial charge >= 0.3 is 0 Å². The van der Waals surface area contributed by atoms with E-state index in [2.05, 4.69) is 10.6 Å². The Morgan fingerprint density at radius 1 is 1.71 bits per heavy atom. The first-order valence-corrected chi connectivity index (χ1v) is 5.08. The molecule has 2 atom stereocenters. The molecule has 0 spiro atoms. The maximum Gasteiger partial charge on any atom is 0.240 e. The number of nitrogens with one attached hydrogen (secondary N) is 2. The van der Waals surface area contributed by atoms with Gasteiger partial charge in [0, 0.05) is 48.8 Å². The van der Waals surface area contributed by atoms with Crippen LogP contribution in [0, 0.1) is 0 Å². The van der Waals surface area contributed by atoms with Crippen LogP contribution in [0.2, 0.25) is 0 Å². The summed E-state index contributed by atoms with van der Waals surface area (Å²) in [5.41, 5.74) is 5.49. The van der Waals surface area contributed by atoms with Gasteiger partial charge in [0.2, 0.25) is 11.8 Å². The van der Waals surface area contributed by atoms with Gasteiger partial charge in [0.05, 0.1) is 5.37 Å². The van der Waals surface area contributed by atoms with Crippen LogP contribution < -0.4 is 16.4 Å². The molecule has 0 aromatic rings. The van der Waals surface area contributed by atoms with Crippen LogP contribution in [0.1, 0.15) is 6.92 Å². The number of carbonyl (C=O) groups is 2. The number of hydrogen-bond acceptors (Lipinski definition) is 4. The first-order valence-electron chi connectivity index (χ1n) is 4.03. The zero-order valence-electron chi connectivity index (χ0n) is 8.37. The Balaban J connectivity index is 0.00000169. The largest absolute Gasteiger partial charge is 0.356 e. The van der Waals surface area contributed by atoms with Crippen molar-refractivity contribution in [1.29, 1.82) is 0 Å². The topological polar surface area (TPSA) is 84.2 Å². The van der Waals surface area contributed by atoms with Crippen molar-refractivity contribution in [2.45, 2.75) is 18.3 Å². The summed E-state index contributed by atoms with van der Waals surface area (Å²) in [4.78, 5) is 21.1. The van der Waals surface area contributed by atoms with Gasteiger partial charge in [0.15, 0.2) is 0 Å². The molecule has 4 N–H and O–H groups in total. The van der Waals surface area contributed by atoms with E-state index in [9.17, 15) is 9.59 Å². The predicted molar refractivity (Wildman–Crippen MR) is 56.8 cm³/mol. The van der Waals surface area contributed by atoms with Crippen molar-refractivity contribution in [2.24, 2.45) is 5.73 Å². The van der Waals surface area contributed by atoms with E-state index >= 15 is 0 Å². The molecule has 1 unspecified atom stereocenters. The van der Waals surface area contributed by atoms with E-state index < -0.39 is 0 Å². The minimum Gasteiger partial charge on any atom is -0.356 e. The molecule has 1 fully saturated rings. The Morgan fingerprint density at radius 3 is 2.79 bits per heavy atom. The van der Waals surface area contributed by atoms with E-state index in [1.807, 2.05) is 0 Å². The van der Waals surface area contributed by atoms with E-state index in [-0.39, 0.29) is 52.8 Å². The zero-order chi connectivity index (χ0) is 9.84. The number of amides is 2. The van der Waals surface area contributed by atoms with E-state index in [1.165, 1.54) is 6.92 Å². The summed E-state index contributed by atoms with van der Waals surface area (Å²) >= 11 is 1.55. The molecule has 0 aliphatic carbocycles. The summed E-state index contributed by atoms with van der Waals surface area (Å²) in [6.07, 6.45) is 0. The third kappa shape index (κ3) is 4.18. The summed E-state index contributed by atoms with van der Waals surface area (Å²) < 4.78 is 0. The molecule has 1 heterocycles. The molecule has 1 rings (SSSR count). The Labute approximate surface area is 109 Å². The summed E-state index contributed by atoms with van der Waals surface area (Å²) in [7, 11) is 0. The van der Waals surface area contributed by atoms with Crippen molar-refractivity contribution in [1.82, 2.24) is 10.6 Å². The molecule has 1 saturated heterocycles. The molecule has 14 heavy (non-hydrogen) atoms. The van der Waals surface area contributed by atoms with E-state index in [1.54, 1.807) is 11.8 Å². The maximum absolute atomic E-state index is 10.7. The monoisotopic (exact) mass is 226 g/mol. The van der Waals surface area contributed by atoms with Gasteiger partial charge in [-0.1, -0.05) is 0 Å². The molecule has 1 aliphatic rings. The van der Waals surface area contributed by atoms with Crippen LogP contribution >= 0.6 is 11.8 Å². The molecule has 7 heteroatoms. The Hall–Kier alpha value is 0.250. The smallest absolute Gasteiger partial charge is 0.240 e. The number of hydrogen-bond donors (Lipinski definition) is 3. The Bertz CT molecular complexity index is 227. The summed E-state index contributed by atoms with van der Waals surface area (Å²) in [5.74, 6) is 0.623. The molecule has 2 amide bonds. The normalized spacial score (nSPS) is 24.3. The van der Waals surface area contributed by atoms with Gasteiger partial charge in [-0.15, -0.1) is 11.8 Å². The first-order chi connectivity index (χ1) is 6.11. The van der Waals surface area contributed by atoms with Crippen molar-refractivity contribution < 1.29 is 9.59 Å². The molecule has 0 saturated carbocycles. The van der Waals surface area contributed by atoms with E-state index in [0.29, 0.717) is 6.54 Å². The van der Waals surface area contributed by atoms with Crippen LogP contribution in [0.3, 0.4) is 0 Å². The average Bonchev–Trinajstić information content (AvgIpc) is 2.09. The van der Waals surface area contributed by atoms with Gasteiger partial charge in [-0.2, -0.15) is 0 Å². The Morgan fingerprint density at radius 2 is 2.36 bits per heavy atom. The second kappa shape index (κ2) is 6.68. The van der Waals surface area contributed by atoms with Gasteiger partial charge < -0.3 is 16.4 Å². The van der Waals surface area contributed by atoms with Gasteiger partial charge in [-0.25, -0.2) is 0 Å². The minimum absolute atomic E-state index is 0. The molecule has 5 nitrogen and oxygen atoms in total. The summed E-state index contributed by atoms with van der Waals surface area (Å²) in [6, 6.07) is -0.387. The number of carbonyl (C=O) groups excluding carboxylic acids is 2. The molecule has 75 valence electrons. The standard InChI is InChI=1S/C7H13N3O2S.Na/c1-4(11)9-2-3-13-7-5(8)6(12)10-7;/h5,7H,2-3,8H2,1H3,(H,9,11)(H,10,12);/t5-,7?;/m1./s1. The van der Waals surface area contributed by atoms with Gasteiger partial charge in [0.1, 0.15) is 6.04 Å². The summed E-state index contributed by atoms with van der Waals surface area (Å²) in [5, 5.41) is 5.34. The number of β-lactam (4-membered cyclic amide) rings is 1. The third-order valence-corrected chi connectivity index (χ3v) is 2.90. The van der Waals surface area contributed by atoms with E-state index in [4.69, 9.17) is 5.73 Å². The molecule has 1 aliphatic heterocycles. The quantitative estimate of drug-likeness (QED) is 0.302.